The van der Waals surface area contributed by atoms with Gasteiger partial charge in [-0.25, -0.2) is 0 Å². The largest absolute Gasteiger partial charge is 0.322 e. The fraction of sp³-hybridized carbons (Fsp3) is 0.462. The first-order chi connectivity index (χ1) is 9.08. The van der Waals surface area contributed by atoms with Gasteiger partial charge in [0.15, 0.2) is 0 Å². The molecule has 0 aliphatic carbocycles. The Morgan fingerprint density at radius 1 is 1.53 bits per heavy atom. The SMILES string of the molecule is CN(C)CCn1ncc(Br)c1C(N)Cc1cccs1. The van der Waals surface area contributed by atoms with E-state index in [0.29, 0.717) is 0 Å². The summed E-state index contributed by atoms with van der Waals surface area (Å²) >= 11 is 5.30. The van der Waals surface area contributed by atoms with Crippen LogP contribution in [0.15, 0.2) is 28.2 Å². The first-order valence-electron chi connectivity index (χ1n) is 6.22. The predicted molar refractivity (Wildman–Crippen MR) is 83.4 cm³/mol. The fourth-order valence-corrected chi connectivity index (χ4v) is 3.31. The molecule has 0 spiro atoms. The van der Waals surface area contributed by atoms with Crippen molar-refractivity contribution in [1.29, 1.82) is 0 Å². The fourth-order valence-electron chi connectivity index (χ4n) is 1.96. The van der Waals surface area contributed by atoms with E-state index in [2.05, 4.69) is 57.5 Å². The molecule has 1 unspecified atom stereocenters. The molecule has 2 N–H and O–H groups in total. The molecule has 0 aromatic carbocycles. The summed E-state index contributed by atoms with van der Waals surface area (Å²) in [7, 11) is 4.12. The van der Waals surface area contributed by atoms with Crippen molar-refractivity contribution in [1.82, 2.24) is 14.7 Å². The molecule has 1 atom stereocenters. The molecule has 19 heavy (non-hydrogen) atoms. The van der Waals surface area contributed by atoms with Crippen molar-refractivity contribution in [2.75, 3.05) is 20.6 Å². The number of likely N-dealkylation sites (N-methyl/N-ethyl adjacent to an activating group) is 1. The van der Waals surface area contributed by atoms with Crippen molar-refractivity contribution < 1.29 is 0 Å². The van der Waals surface area contributed by atoms with Crippen LogP contribution in [0.5, 0.6) is 0 Å². The third-order valence-corrected chi connectivity index (χ3v) is 4.45. The third kappa shape index (κ3) is 3.89. The molecule has 0 bridgehead atoms. The van der Waals surface area contributed by atoms with E-state index < -0.39 is 0 Å². The standard InChI is InChI=1S/C13H19BrN4S/c1-17(2)5-6-18-13(11(14)9-16-18)12(15)8-10-4-3-7-19-10/h3-4,7,9,12H,5-6,8,15H2,1-2H3. The van der Waals surface area contributed by atoms with E-state index in [9.17, 15) is 0 Å². The van der Waals surface area contributed by atoms with Gasteiger partial charge in [0, 0.05) is 17.8 Å². The molecule has 2 rings (SSSR count). The smallest absolute Gasteiger partial charge is 0.0697 e. The van der Waals surface area contributed by atoms with Gasteiger partial charge in [0.2, 0.25) is 0 Å². The number of nitrogens with two attached hydrogens (primary N) is 1. The van der Waals surface area contributed by atoms with Gasteiger partial charge in [0.1, 0.15) is 0 Å². The van der Waals surface area contributed by atoms with Crippen LogP contribution in [0.25, 0.3) is 0 Å². The molecule has 0 radical (unpaired) electrons. The van der Waals surface area contributed by atoms with Crippen LogP contribution in [0.4, 0.5) is 0 Å². The number of nitrogens with zero attached hydrogens (tertiary/aromatic N) is 3. The molecule has 0 saturated heterocycles. The normalized spacial score (nSPS) is 13.1. The molecule has 6 heteroatoms. The second-order valence-corrected chi connectivity index (χ2v) is 6.68. The molecule has 0 saturated carbocycles. The second-order valence-electron chi connectivity index (χ2n) is 4.79. The summed E-state index contributed by atoms with van der Waals surface area (Å²) in [5.74, 6) is 0. The van der Waals surface area contributed by atoms with Gasteiger partial charge in [-0.1, -0.05) is 6.07 Å². The van der Waals surface area contributed by atoms with E-state index in [1.54, 1.807) is 11.3 Å². The van der Waals surface area contributed by atoms with Crippen molar-refractivity contribution in [3.8, 4) is 0 Å². The van der Waals surface area contributed by atoms with Crippen LogP contribution >= 0.6 is 27.3 Å². The van der Waals surface area contributed by atoms with Crippen LogP contribution in [0.3, 0.4) is 0 Å². The van der Waals surface area contributed by atoms with E-state index in [4.69, 9.17) is 5.73 Å². The molecular formula is C13H19BrN4S. The van der Waals surface area contributed by atoms with Gasteiger partial charge < -0.3 is 10.6 Å². The number of rotatable bonds is 6. The van der Waals surface area contributed by atoms with Crippen molar-refractivity contribution in [2.45, 2.75) is 19.0 Å². The quantitative estimate of drug-likeness (QED) is 0.877. The monoisotopic (exact) mass is 342 g/mol. The number of aromatic nitrogens is 2. The van der Waals surface area contributed by atoms with Crippen LogP contribution in [-0.4, -0.2) is 35.3 Å². The molecular weight excluding hydrogens is 324 g/mol. The Morgan fingerprint density at radius 3 is 2.95 bits per heavy atom. The van der Waals surface area contributed by atoms with Gasteiger partial charge in [0.25, 0.3) is 0 Å². The number of thiophene rings is 1. The van der Waals surface area contributed by atoms with Crippen molar-refractivity contribution in [3.05, 3.63) is 38.8 Å². The summed E-state index contributed by atoms with van der Waals surface area (Å²) < 4.78 is 3.00. The zero-order valence-electron chi connectivity index (χ0n) is 11.2. The van der Waals surface area contributed by atoms with Crippen LogP contribution in [0, 0.1) is 0 Å². The van der Waals surface area contributed by atoms with Gasteiger partial charge in [-0.2, -0.15) is 5.10 Å². The Kier molecular flexibility index (Phi) is 5.15. The lowest BCUT2D eigenvalue weighted by Crippen LogP contribution is -2.24. The highest BCUT2D eigenvalue weighted by atomic mass is 79.9. The van der Waals surface area contributed by atoms with Gasteiger partial charge in [0.05, 0.1) is 29.0 Å². The number of hydrogen-bond donors (Lipinski definition) is 1. The van der Waals surface area contributed by atoms with Gasteiger partial charge in [-0.15, -0.1) is 11.3 Å². The maximum Gasteiger partial charge on any atom is 0.0697 e. The minimum Gasteiger partial charge on any atom is -0.322 e. The van der Waals surface area contributed by atoms with Crippen molar-refractivity contribution >= 4 is 27.3 Å². The lowest BCUT2D eigenvalue weighted by atomic mass is 10.1. The second kappa shape index (κ2) is 6.65. The molecule has 2 heterocycles. The van der Waals surface area contributed by atoms with E-state index in [1.165, 1.54) is 4.88 Å². The summed E-state index contributed by atoms with van der Waals surface area (Å²) in [6, 6.07) is 4.15. The summed E-state index contributed by atoms with van der Waals surface area (Å²) in [4.78, 5) is 3.45. The average Bonchev–Trinajstić information content (AvgIpc) is 2.96. The minimum absolute atomic E-state index is 0.0299. The molecule has 0 aliphatic rings. The Morgan fingerprint density at radius 2 is 2.32 bits per heavy atom. The van der Waals surface area contributed by atoms with E-state index >= 15 is 0 Å². The summed E-state index contributed by atoms with van der Waals surface area (Å²) in [6.07, 6.45) is 2.68. The zero-order chi connectivity index (χ0) is 13.8. The zero-order valence-corrected chi connectivity index (χ0v) is 13.6. The summed E-state index contributed by atoms with van der Waals surface area (Å²) in [5, 5.41) is 6.49. The van der Waals surface area contributed by atoms with Crippen LogP contribution in [0.2, 0.25) is 0 Å². The minimum atomic E-state index is -0.0299. The van der Waals surface area contributed by atoms with E-state index in [0.717, 1.165) is 29.7 Å². The summed E-state index contributed by atoms with van der Waals surface area (Å²) in [6.45, 7) is 1.80. The van der Waals surface area contributed by atoms with E-state index in [1.807, 2.05) is 10.9 Å². The first-order valence-corrected chi connectivity index (χ1v) is 7.89. The third-order valence-electron chi connectivity index (χ3n) is 2.94. The molecule has 4 nitrogen and oxygen atoms in total. The topological polar surface area (TPSA) is 47.1 Å². The van der Waals surface area contributed by atoms with Crippen LogP contribution < -0.4 is 5.73 Å². The molecule has 0 fully saturated rings. The highest BCUT2D eigenvalue weighted by molar-refractivity contribution is 9.10. The number of halogens is 1. The Hall–Kier alpha value is -0.690. The lowest BCUT2D eigenvalue weighted by Gasteiger charge is -2.16. The lowest BCUT2D eigenvalue weighted by molar-refractivity contribution is 0.366. The number of hydrogen-bond acceptors (Lipinski definition) is 4. The molecule has 2 aromatic rings. The average molecular weight is 343 g/mol. The Balaban J connectivity index is 2.11. The van der Waals surface area contributed by atoms with Gasteiger partial charge in [-0.3, -0.25) is 4.68 Å². The molecule has 0 amide bonds. The Labute approximate surface area is 126 Å². The molecule has 0 aliphatic heterocycles. The molecule has 104 valence electrons. The maximum absolute atomic E-state index is 6.34. The summed E-state index contributed by atoms with van der Waals surface area (Å²) in [5.41, 5.74) is 7.42. The van der Waals surface area contributed by atoms with Crippen LogP contribution in [0.1, 0.15) is 16.6 Å². The van der Waals surface area contributed by atoms with Gasteiger partial charge in [-0.05, 0) is 41.5 Å². The van der Waals surface area contributed by atoms with Crippen molar-refractivity contribution in [3.63, 3.8) is 0 Å². The highest BCUT2D eigenvalue weighted by Gasteiger charge is 2.17. The highest BCUT2D eigenvalue weighted by Crippen LogP contribution is 2.25. The maximum atomic E-state index is 6.34. The predicted octanol–water partition coefficient (Wildman–Crippen LogP) is 2.51. The molecule has 2 aromatic heterocycles. The first kappa shape index (κ1) is 14.7. The van der Waals surface area contributed by atoms with E-state index in [-0.39, 0.29) is 6.04 Å². The van der Waals surface area contributed by atoms with Crippen LogP contribution in [-0.2, 0) is 13.0 Å². The van der Waals surface area contributed by atoms with Crippen molar-refractivity contribution in [2.24, 2.45) is 5.73 Å². The van der Waals surface area contributed by atoms with Gasteiger partial charge >= 0.3 is 0 Å². The Bertz CT molecular complexity index is 507.